The van der Waals surface area contributed by atoms with Crippen molar-refractivity contribution in [3.63, 3.8) is 0 Å². The third kappa shape index (κ3) is 5.38. The fourth-order valence-electron chi connectivity index (χ4n) is 7.18. The van der Waals surface area contributed by atoms with E-state index in [2.05, 4.69) is 4.99 Å². The highest BCUT2D eigenvalue weighted by Crippen LogP contribution is 2.42. The van der Waals surface area contributed by atoms with Crippen LogP contribution >= 0.6 is 0 Å². The number of benzene rings is 4. The van der Waals surface area contributed by atoms with Gasteiger partial charge in [-0.05, 0) is 72.8 Å². The molecule has 0 amide bonds. The van der Waals surface area contributed by atoms with Gasteiger partial charge in [0.15, 0.2) is 33.2 Å². The van der Waals surface area contributed by atoms with Crippen LogP contribution in [-0.4, -0.2) is 86.1 Å². The second-order valence-corrected chi connectivity index (χ2v) is 19.6. The van der Waals surface area contributed by atoms with E-state index in [-0.39, 0.29) is 85.0 Å². The molecule has 4 aliphatic rings. The molecule has 0 radical (unpaired) electrons. The Labute approximate surface area is 320 Å². The summed E-state index contributed by atoms with van der Waals surface area (Å²) in [5, 5.41) is 0.866. The Morgan fingerprint density at radius 2 is 0.860 bits per heavy atom. The topological polar surface area (TPSA) is 281 Å². The third-order valence-electron chi connectivity index (χ3n) is 9.79. The van der Waals surface area contributed by atoms with Gasteiger partial charge >= 0.3 is 0 Å². The van der Waals surface area contributed by atoms with Crippen LogP contribution in [0.15, 0.2) is 122 Å². The van der Waals surface area contributed by atoms with Crippen LogP contribution in [0.4, 0.5) is 11.6 Å². The fourth-order valence-corrected chi connectivity index (χ4v) is 9.35. The van der Waals surface area contributed by atoms with E-state index in [0.29, 0.717) is 16.3 Å². The summed E-state index contributed by atoms with van der Waals surface area (Å²) in [5.41, 5.74) is 1.17. The molecule has 0 saturated heterocycles. The molecular weight excluding hydrogens is 825 g/mol. The number of sulfone groups is 1. The second kappa shape index (κ2) is 11.3. The predicted octanol–water partition coefficient (Wildman–Crippen LogP) is 2.19. The largest absolute Gasteiger partial charge is 0.294 e. The number of rotatable bonds is 4. The van der Waals surface area contributed by atoms with Crippen molar-refractivity contribution in [2.75, 3.05) is 6.26 Å². The quantitative estimate of drug-likeness (QED) is 0.216. The summed E-state index contributed by atoms with van der Waals surface area (Å²) in [5.74, 6) is 0.102. The van der Waals surface area contributed by atoms with Crippen molar-refractivity contribution in [2.45, 2.75) is 26.3 Å². The van der Waals surface area contributed by atoms with Crippen molar-refractivity contribution in [1.82, 2.24) is 9.13 Å². The summed E-state index contributed by atoms with van der Waals surface area (Å²) in [4.78, 5) is 27.3. The van der Waals surface area contributed by atoms with Gasteiger partial charge in [0.2, 0.25) is 0 Å². The highest BCUT2D eigenvalue weighted by Gasteiger charge is 2.32. The van der Waals surface area contributed by atoms with Gasteiger partial charge in [-0.2, -0.15) is 25.3 Å². The third-order valence-corrected chi connectivity index (χ3v) is 13.4. The molecule has 2 aromatic heterocycles. The average molecular weight is 845 g/mol. The number of amidine groups is 4. The maximum Gasteiger partial charge on any atom is 0.294 e. The molecule has 0 spiro atoms. The lowest BCUT2D eigenvalue weighted by Crippen LogP contribution is -2.32. The molecule has 0 unspecified atom stereocenters. The highest BCUT2D eigenvalue weighted by atomic mass is 32.2. The fraction of sp³-hybridized carbons (Fsp3) is 0.0588. The first-order valence-electron chi connectivity index (χ1n) is 16.3. The van der Waals surface area contributed by atoms with Gasteiger partial charge in [-0.25, -0.2) is 38.4 Å². The van der Waals surface area contributed by atoms with Crippen LogP contribution in [0.25, 0.3) is 21.5 Å². The van der Waals surface area contributed by atoms with E-state index in [1.54, 1.807) is 4.57 Å². The minimum Gasteiger partial charge on any atom is -0.291 e. The Kier molecular flexibility index (Phi) is 6.99. The molecule has 0 fully saturated rings. The lowest BCUT2D eigenvalue weighted by Gasteiger charge is -2.12. The van der Waals surface area contributed by atoms with Gasteiger partial charge in [-0.1, -0.05) is 0 Å². The van der Waals surface area contributed by atoms with Crippen molar-refractivity contribution in [3.8, 4) is 0 Å². The Morgan fingerprint density at radius 1 is 0.439 bits per heavy atom. The number of aromatic nitrogens is 2. The molecule has 57 heavy (non-hydrogen) atoms. The molecule has 10 rings (SSSR count). The monoisotopic (exact) mass is 844 g/mol. The summed E-state index contributed by atoms with van der Waals surface area (Å²) < 4.78 is 133. The van der Waals surface area contributed by atoms with Crippen LogP contribution in [0.5, 0.6) is 0 Å². The van der Waals surface area contributed by atoms with E-state index in [1.165, 1.54) is 53.1 Å². The zero-order valence-electron chi connectivity index (χ0n) is 28.5. The van der Waals surface area contributed by atoms with Crippen molar-refractivity contribution < 1.29 is 47.3 Å². The van der Waals surface area contributed by atoms with E-state index in [4.69, 9.17) is 25.0 Å². The van der Waals surface area contributed by atoms with Crippen LogP contribution in [-0.2, 0) is 46.9 Å². The van der Waals surface area contributed by atoms with Crippen molar-refractivity contribution >= 4 is 96.7 Å². The number of hydrogen-bond donors (Lipinski definition) is 3. The smallest absolute Gasteiger partial charge is 0.291 e. The summed E-state index contributed by atoms with van der Waals surface area (Å²) in [6, 6.07) is 15.4. The highest BCUT2D eigenvalue weighted by molar-refractivity contribution is 7.90. The number of hydrogen-bond acceptors (Lipinski definition) is 14. The van der Waals surface area contributed by atoms with Crippen LogP contribution in [0.3, 0.4) is 0 Å². The summed E-state index contributed by atoms with van der Waals surface area (Å²) in [7, 11) is -18.0. The Balaban J connectivity index is 1.44. The first kappa shape index (κ1) is 35.3. The van der Waals surface area contributed by atoms with Crippen molar-refractivity contribution in [1.29, 1.82) is 0 Å². The molecule has 19 nitrogen and oxygen atoms in total. The minimum absolute atomic E-state index is 0.00339. The molecule has 23 heteroatoms. The number of aliphatic imine (C=N–C) groups is 4. The Bertz CT molecular complexity index is 3710. The van der Waals surface area contributed by atoms with Crippen LogP contribution in [0, 0.1) is 0 Å². The molecule has 3 N–H and O–H groups in total. The van der Waals surface area contributed by atoms with E-state index < -0.39 is 54.9 Å². The Morgan fingerprint density at radius 3 is 1.44 bits per heavy atom. The number of fused-ring (bicyclic) bond motifs is 14. The zero-order chi connectivity index (χ0) is 40.1. The summed E-state index contributed by atoms with van der Waals surface area (Å²) >= 11 is 0. The normalized spacial score (nSPS) is 18.9. The van der Waals surface area contributed by atoms with Gasteiger partial charge in [0.1, 0.15) is 29.3 Å². The molecule has 4 aliphatic heterocycles. The van der Waals surface area contributed by atoms with Crippen molar-refractivity contribution in [2.24, 2.45) is 30.0 Å². The van der Waals surface area contributed by atoms with Crippen LogP contribution < -0.4 is 11.0 Å². The molecular formula is C34H20N8O11S4. The van der Waals surface area contributed by atoms with Crippen molar-refractivity contribution in [3.05, 3.63) is 106 Å². The first-order chi connectivity index (χ1) is 26.7. The summed E-state index contributed by atoms with van der Waals surface area (Å²) in [6.45, 7) is -0.264. The molecule has 6 heterocycles. The zero-order valence-corrected chi connectivity index (χ0v) is 31.7. The lowest BCUT2D eigenvalue weighted by atomic mass is 10.1. The maximum absolute atomic E-state index is 12.7. The lowest BCUT2D eigenvalue weighted by molar-refractivity contribution is 0.481. The SMILES string of the molecule is CS(=O)(=O)c1ccc2c(c1)C1=NC/2=N\c2c3ccc(S(=O)(=O)O)cc3c3n2Cn2/c(c4ccc(S(=O)(=O)O)cc4/c2=N/1)=N\C1=NC(=N\3)/c2cc(S(=O)(=O)O)ccc21. The minimum atomic E-state index is -4.77. The van der Waals surface area contributed by atoms with Gasteiger partial charge in [-0.3, -0.25) is 22.8 Å². The van der Waals surface area contributed by atoms with E-state index in [9.17, 15) is 47.3 Å². The van der Waals surface area contributed by atoms with Gasteiger partial charge in [0.05, 0.1) is 19.6 Å². The molecule has 4 aromatic carbocycles. The van der Waals surface area contributed by atoms with E-state index in [1.807, 2.05) is 0 Å². The van der Waals surface area contributed by atoms with Gasteiger partial charge in [0, 0.05) is 50.1 Å². The molecule has 0 atom stereocenters. The summed E-state index contributed by atoms with van der Waals surface area (Å²) in [6.07, 6.45) is 1.03. The van der Waals surface area contributed by atoms with Gasteiger partial charge in [-0.15, -0.1) is 0 Å². The van der Waals surface area contributed by atoms with Gasteiger partial charge in [0.25, 0.3) is 30.4 Å². The molecule has 286 valence electrons. The van der Waals surface area contributed by atoms with Crippen LogP contribution in [0.1, 0.15) is 22.3 Å². The maximum atomic E-state index is 12.7. The second-order valence-electron chi connectivity index (χ2n) is 13.3. The molecule has 6 bridgehead atoms. The van der Waals surface area contributed by atoms with Gasteiger partial charge < -0.3 is 0 Å². The molecule has 0 aliphatic carbocycles. The standard InChI is InChI=1S/C34H20N8O11S4/c1-54(43,44)15-2-6-19-23(10-15)29-35-27(19)37-31-22-9-5-18(57(51,52)53)13-26(22)34-40-30-24-11-16(55(45,46)47)3-7-20(24)28(36-30)38-32-21-8-4-17(56(48,49)50)12-25(21)33(39-29)41(32)14-42(31)34/h2-13H,14H2,1H3,(H,45,46,47)(H,48,49,50)(H,51,52,53)/b37-27-,37-31?,38-28?,38-32-,39-29?,39-33-,40-30-,40-34?. The molecule has 6 aromatic rings. The first-order valence-corrected chi connectivity index (χ1v) is 22.5. The van der Waals surface area contributed by atoms with Crippen LogP contribution in [0.2, 0.25) is 0 Å². The number of nitrogens with zero attached hydrogens (tertiary/aromatic N) is 8. The van der Waals surface area contributed by atoms with E-state index in [0.717, 1.165) is 30.5 Å². The predicted molar refractivity (Wildman–Crippen MR) is 202 cm³/mol. The Hall–Kier alpha value is -6.08. The average Bonchev–Trinajstić information content (AvgIpc) is 3.82. The van der Waals surface area contributed by atoms with E-state index >= 15 is 0 Å². The molecule has 0 saturated carbocycles.